The molecule has 0 fully saturated rings. The SMILES string of the molecule is CCc1cc(Br)c(N2C(=O)c3ccccc3C2=O)c(Br)c1. The van der Waals surface area contributed by atoms with Crippen LogP contribution in [0.25, 0.3) is 0 Å². The number of imide groups is 1. The van der Waals surface area contributed by atoms with Crippen molar-refractivity contribution in [2.45, 2.75) is 13.3 Å². The maximum atomic E-state index is 12.5. The number of anilines is 1. The third kappa shape index (κ3) is 2.24. The largest absolute Gasteiger partial charge is 0.268 e. The molecule has 0 radical (unpaired) electrons. The molecule has 0 N–H and O–H groups in total. The first kappa shape index (κ1) is 14.5. The van der Waals surface area contributed by atoms with Crippen LogP contribution in [0.4, 0.5) is 5.69 Å². The number of carbonyl (C=O) groups excluding carboxylic acids is 2. The lowest BCUT2D eigenvalue weighted by molar-refractivity contribution is 0.0926. The summed E-state index contributed by atoms with van der Waals surface area (Å²) in [6.45, 7) is 2.05. The molecule has 0 bridgehead atoms. The van der Waals surface area contributed by atoms with Crippen LogP contribution < -0.4 is 4.90 Å². The van der Waals surface area contributed by atoms with E-state index in [1.807, 2.05) is 12.1 Å². The average molecular weight is 409 g/mol. The Balaban J connectivity index is 2.16. The molecule has 0 saturated heterocycles. The van der Waals surface area contributed by atoms with Gasteiger partial charge < -0.3 is 0 Å². The van der Waals surface area contributed by atoms with Gasteiger partial charge >= 0.3 is 0 Å². The number of rotatable bonds is 2. The molecule has 21 heavy (non-hydrogen) atoms. The van der Waals surface area contributed by atoms with Crippen LogP contribution in [-0.2, 0) is 6.42 Å². The summed E-state index contributed by atoms with van der Waals surface area (Å²) in [5.74, 6) is -0.581. The van der Waals surface area contributed by atoms with Gasteiger partial charge in [0.1, 0.15) is 0 Å². The minimum absolute atomic E-state index is 0.291. The van der Waals surface area contributed by atoms with E-state index in [2.05, 4.69) is 38.8 Å². The van der Waals surface area contributed by atoms with E-state index in [0.29, 0.717) is 16.8 Å². The van der Waals surface area contributed by atoms with Gasteiger partial charge in [-0.2, -0.15) is 0 Å². The maximum Gasteiger partial charge on any atom is 0.266 e. The van der Waals surface area contributed by atoms with Crippen molar-refractivity contribution in [3.8, 4) is 0 Å². The predicted octanol–water partition coefficient (Wildman–Crippen LogP) is 4.57. The molecule has 1 aliphatic heterocycles. The summed E-state index contributed by atoms with van der Waals surface area (Å²) in [5, 5.41) is 0. The normalized spacial score (nSPS) is 13.8. The van der Waals surface area contributed by atoms with Crippen LogP contribution in [0.15, 0.2) is 45.3 Å². The van der Waals surface area contributed by atoms with Crippen molar-refractivity contribution in [1.29, 1.82) is 0 Å². The van der Waals surface area contributed by atoms with E-state index >= 15 is 0 Å². The lowest BCUT2D eigenvalue weighted by atomic mass is 10.1. The first-order valence-corrected chi connectivity index (χ1v) is 8.09. The molecule has 0 saturated carbocycles. The van der Waals surface area contributed by atoms with Crippen molar-refractivity contribution in [3.05, 3.63) is 62.0 Å². The number of aryl methyl sites for hydroxylation is 1. The zero-order valence-corrected chi connectivity index (χ0v) is 14.4. The molecule has 1 aliphatic rings. The third-order valence-electron chi connectivity index (χ3n) is 3.50. The summed E-state index contributed by atoms with van der Waals surface area (Å²) in [6, 6.07) is 10.7. The second-order valence-corrected chi connectivity index (χ2v) is 6.46. The Bertz CT molecular complexity index is 713. The van der Waals surface area contributed by atoms with Crippen molar-refractivity contribution in [3.63, 3.8) is 0 Å². The van der Waals surface area contributed by atoms with Crippen LogP contribution >= 0.6 is 31.9 Å². The van der Waals surface area contributed by atoms with Crippen molar-refractivity contribution < 1.29 is 9.59 Å². The van der Waals surface area contributed by atoms with Gasteiger partial charge in [0.05, 0.1) is 16.8 Å². The highest BCUT2D eigenvalue weighted by atomic mass is 79.9. The molecule has 3 rings (SSSR count). The number of carbonyl (C=O) groups is 2. The number of amides is 2. The standard InChI is InChI=1S/C16H11Br2NO2/c1-2-9-7-12(17)14(13(18)8-9)19-15(20)10-5-3-4-6-11(10)16(19)21/h3-8H,2H2,1H3. The molecule has 2 aromatic carbocycles. The summed E-state index contributed by atoms with van der Waals surface area (Å²) in [7, 11) is 0. The molecule has 3 nitrogen and oxygen atoms in total. The topological polar surface area (TPSA) is 37.4 Å². The second kappa shape index (κ2) is 5.39. The number of halogens is 2. The van der Waals surface area contributed by atoms with Gasteiger partial charge in [0.15, 0.2) is 0 Å². The third-order valence-corrected chi connectivity index (χ3v) is 4.71. The zero-order valence-electron chi connectivity index (χ0n) is 11.2. The Morgan fingerprint density at radius 3 is 1.86 bits per heavy atom. The Morgan fingerprint density at radius 1 is 0.952 bits per heavy atom. The van der Waals surface area contributed by atoms with Crippen LogP contribution in [0, 0.1) is 0 Å². The average Bonchev–Trinajstić information content (AvgIpc) is 2.72. The van der Waals surface area contributed by atoms with Gasteiger partial charge in [0, 0.05) is 8.95 Å². The molecule has 2 aromatic rings. The Kier molecular flexibility index (Phi) is 3.71. The van der Waals surface area contributed by atoms with E-state index in [0.717, 1.165) is 20.9 Å². The molecule has 0 spiro atoms. The van der Waals surface area contributed by atoms with E-state index in [-0.39, 0.29) is 11.8 Å². The summed E-state index contributed by atoms with van der Waals surface area (Å²) in [6.07, 6.45) is 0.875. The van der Waals surface area contributed by atoms with Crippen molar-refractivity contribution in [1.82, 2.24) is 0 Å². The molecule has 0 atom stereocenters. The number of nitrogens with zero attached hydrogens (tertiary/aromatic N) is 1. The van der Waals surface area contributed by atoms with Crippen LogP contribution in [-0.4, -0.2) is 11.8 Å². The highest BCUT2D eigenvalue weighted by Crippen LogP contribution is 2.39. The second-order valence-electron chi connectivity index (χ2n) is 4.75. The van der Waals surface area contributed by atoms with Gasteiger partial charge in [-0.1, -0.05) is 19.1 Å². The summed E-state index contributed by atoms with van der Waals surface area (Å²) in [5.41, 5.74) is 2.56. The van der Waals surface area contributed by atoms with Crippen LogP contribution in [0.5, 0.6) is 0 Å². The lowest BCUT2D eigenvalue weighted by Gasteiger charge is -2.18. The van der Waals surface area contributed by atoms with Gasteiger partial charge in [-0.05, 0) is 68.1 Å². The Morgan fingerprint density at radius 2 is 1.43 bits per heavy atom. The molecule has 5 heteroatoms. The van der Waals surface area contributed by atoms with Gasteiger partial charge in [-0.3, -0.25) is 9.59 Å². The monoisotopic (exact) mass is 407 g/mol. The summed E-state index contributed by atoms with van der Waals surface area (Å²) < 4.78 is 1.45. The van der Waals surface area contributed by atoms with Crippen molar-refractivity contribution >= 4 is 49.4 Å². The van der Waals surface area contributed by atoms with E-state index in [1.54, 1.807) is 24.3 Å². The number of benzene rings is 2. The van der Waals surface area contributed by atoms with Crippen molar-refractivity contribution in [2.75, 3.05) is 4.90 Å². The molecule has 2 amide bonds. The predicted molar refractivity (Wildman–Crippen MR) is 88.8 cm³/mol. The molecule has 106 valence electrons. The molecule has 0 aromatic heterocycles. The van der Waals surface area contributed by atoms with E-state index in [4.69, 9.17) is 0 Å². The Labute approximate surface area is 139 Å². The highest BCUT2D eigenvalue weighted by Gasteiger charge is 2.38. The fourth-order valence-corrected chi connectivity index (χ4v) is 4.06. The van der Waals surface area contributed by atoms with Gasteiger partial charge in [0.25, 0.3) is 11.8 Å². The number of hydrogen-bond acceptors (Lipinski definition) is 2. The molecular formula is C16H11Br2NO2. The highest BCUT2D eigenvalue weighted by molar-refractivity contribution is 9.11. The van der Waals surface area contributed by atoms with Crippen LogP contribution in [0.1, 0.15) is 33.2 Å². The van der Waals surface area contributed by atoms with Gasteiger partial charge in [-0.25, -0.2) is 4.90 Å². The minimum Gasteiger partial charge on any atom is -0.268 e. The van der Waals surface area contributed by atoms with Gasteiger partial charge in [-0.15, -0.1) is 0 Å². The molecule has 1 heterocycles. The van der Waals surface area contributed by atoms with E-state index in [9.17, 15) is 9.59 Å². The van der Waals surface area contributed by atoms with Gasteiger partial charge in [0.2, 0.25) is 0 Å². The number of hydrogen-bond donors (Lipinski definition) is 0. The maximum absolute atomic E-state index is 12.5. The number of fused-ring (bicyclic) bond motifs is 1. The van der Waals surface area contributed by atoms with E-state index in [1.165, 1.54) is 4.90 Å². The fourth-order valence-electron chi connectivity index (χ4n) is 2.43. The van der Waals surface area contributed by atoms with Crippen LogP contribution in [0.3, 0.4) is 0 Å². The van der Waals surface area contributed by atoms with E-state index < -0.39 is 0 Å². The molecule has 0 unspecified atom stereocenters. The first-order chi connectivity index (χ1) is 10.0. The van der Waals surface area contributed by atoms with Crippen molar-refractivity contribution in [2.24, 2.45) is 0 Å². The zero-order chi connectivity index (χ0) is 15.1. The smallest absolute Gasteiger partial charge is 0.266 e. The van der Waals surface area contributed by atoms with Crippen LogP contribution in [0.2, 0.25) is 0 Å². The Hall–Kier alpha value is -1.46. The first-order valence-electron chi connectivity index (χ1n) is 6.50. The summed E-state index contributed by atoms with van der Waals surface area (Å²) >= 11 is 6.94. The fraction of sp³-hybridized carbons (Fsp3) is 0.125. The lowest BCUT2D eigenvalue weighted by Crippen LogP contribution is -2.30. The molecule has 0 aliphatic carbocycles. The summed E-state index contributed by atoms with van der Waals surface area (Å²) in [4.78, 5) is 26.3. The minimum atomic E-state index is -0.291. The molecular weight excluding hydrogens is 398 g/mol. The quantitative estimate of drug-likeness (QED) is 0.682.